The van der Waals surface area contributed by atoms with Crippen LogP contribution in [0.4, 0.5) is 0 Å². The smallest absolute Gasteiger partial charge is 0.216 e. The van der Waals surface area contributed by atoms with Crippen LogP contribution in [-0.4, -0.2) is 30.2 Å². The third-order valence-electron chi connectivity index (χ3n) is 2.45. The van der Waals surface area contributed by atoms with Crippen LogP contribution in [-0.2, 0) is 16.6 Å². The number of nitrogens with one attached hydrogen (secondary N) is 1. The monoisotopic (exact) mass is 258 g/mol. The summed E-state index contributed by atoms with van der Waals surface area (Å²) in [5.74, 6) is 0.618. The van der Waals surface area contributed by atoms with Crippen LogP contribution < -0.4 is 10.5 Å². The standard InChI is InChI=1S/C10H18N4O2S/c1-3-10(6-11)17(15,16)13-7-9-4-5-12-8(2)14-9/h4-5,10,13H,3,6-7,11H2,1-2H3. The Labute approximate surface area is 102 Å². The summed E-state index contributed by atoms with van der Waals surface area (Å²) in [6.07, 6.45) is 2.10. The Kier molecular flexibility index (Phi) is 4.98. The molecule has 7 heteroatoms. The zero-order valence-electron chi connectivity index (χ0n) is 10.0. The second-order valence-electron chi connectivity index (χ2n) is 3.73. The lowest BCUT2D eigenvalue weighted by Gasteiger charge is -2.14. The first-order chi connectivity index (χ1) is 7.99. The van der Waals surface area contributed by atoms with Gasteiger partial charge in [0.25, 0.3) is 0 Å². The Balaban J connectivity index is 2.67. The highest BCUT2D eigenvalue weighted by Crippen LogP contribution is 2.03. The van der Waals surface area contributed by atoms with Gasteiger partial charge in [0.15, 0.2) is 0 Å². The summed E-state index contributed by atoms with van der Waals surface area (Å²) in [5.41, 5.74) is 6.06. The van der Waals surface area contributed by atoms with Gasteiger partial charge < -0.3 is 5.73 Å². The zero-order valence-corrected chi connectivity index (χ0v) is 10.9. The van der Waals surface area contributed by atoms with Crippen LogP contribution in [0.3, 0.4) is 0 Å². The molecule has 1 atom stereocenters. The Morgan fingerprint density at radius 1 is 1.53 bits per heavy atom. The molecule has 0 aliphatic rings. The molecule has 0 spiro atoms. The molecule has 1 aromatic heterocycles. The van der Waals surface area contributed by atoms with Gasteiger partial charge >= 0.3 is 0 Å². The Morgan fingerprint density at radius 2 is 2.24 bits per heavy atom. The van der Waals surface area contributed by atoms with Crippen molar-refractivity contribution in [2.45, 2.75) is 32.1 Å². The lowest BCUT2D eigenvalue weighted by molar-refractivity contribution is 0.560. The Morgan fingerprint density at radius 3 is 2.76 bits per heavy atom. The van der Waals surface area contributed by atoms with E-state index in [2.05, 4.69) is 14.7 Å². The molecule has 1 unspecified atom stereocenters. The largest absolute Gasteiger partial charge is 0.329 e. The number of aryl methyl sites for hydroxylation is 1. The predicted molar refractivity (Wildman–Crippen MR) is 65.7 cm³/mol. The van der Waals surface area contributed by atoms with Gasteiger partial charge in [-0.1, -0.05) is 6.92 Å². The van der Waals surface area contributed by atoms with Gasteiger partial charge in [-0.25, -0.2) is 23.1 Å². The van der Waals surface area contributed by atoms with Gasteiger partial charge in [-0.05, 0) is 19.4 Å². The maximum Gasteiger partial charge on any atom is 0.216 e. The van der Waals surface area contributed by atoms with E-state index in [-0.39, 0.29) is 13.1 Å². The number of nitrogens with two attached hydrogens (primary N) is 1. The van der Waals surface area contributed by atoms with Crippen LogP contribution in [0.5, 0.6) is 0 Å². The molecular weight excluding hydrogens is 240 g/mol. The summed E-state index contributed by atoms with van der Waals surface area (Å²) in [7, 11) is -3.37. The quantitative estimate of drug-likeness (QED) is 0.745. The second-order valence-corrected chi connectivity index (χ2v) is 5.77. The molecule has 0 aromatic carbocycles. The molecule has 3 N–H and O–H groups in total. The van der Waals surface area contributed by atoms with Crippen molar-refractivity contribution in [3.63, 3.8) is 0 Å². The van der Waals surface area contributed by atoms with Crippen LogP contribution in [0.1, 0.15) is 24.9 Å². The van der Waals surface area contributed by atoms with Crippen LogP contribution in [0.25, 0.3) is 0 Å². The first-order valence-electron chi connectivity index (χ1n) is 5.46. The third-order valence-corrected chi connectivity index (χ3v) is 4.40. The van der Waals surface area contributed by atoms with E-state index in [1.165, 1.54) is 0 Å². The molecule has 1 heterocycles. The highest BCUT2D eigenvalue weighted by molar-refractivity contribution is 7.90. The van der Waals surface area contributed by atoms with Crippen molar-refractivity contribution in [1.29, 1.82) is 0 Å². The Hall–Kier alpha value is -1.05. The van der Waals surface area contributed by atoms with E-state index < -0.39 is 15.3 Å². The van der Waals surface area contributed by atoms with Crippen molar-refractivity contribution in [3.8, 4) is 0 Å². The van der Waals surface area contributed by atoms with Gasteiger partial charge in [0.1, 0.15) is 5.82 Å². The summed E-state index contributed by atoms with van der Waals surface area (Å²) in [6.45, 7) is 3.84. The first-order valence-corrected chi connectivity index (χ1v) is 7.01. The minimum absolute atomic E-state index is 0.120. The SMILES string of the molecule is CCC(CN)S(=O)(=O)NCc1ccnc(C)n1. The minimum atomic E-state index is -3.37. The van der Waals surface area contributed by atoms with Crippen molar-refractivity contribution >= 4 is 10.0 Å². The summed E-state index contributed by atoms with van der Waals surface area (Å²) < 4.78 is 26.1. The average Bonchev–Trinajstić information content (AvgIpc) is 2.28. The fourth-order valence-corrected chi connectivity index (χ4v) is 2.69. The number of hydrogen-bond acceptors (Lipinski definition) is 5. The molecule has 0 fully saturated rings. The van der Waals surface area contributed by atoms with E-state index in [0.717, 1.165) is 0 Å². The molecule has 0 saturated heterocycles. The first kappa shape index (κ1) is 14.0. The van der Waals surface area contributed by atoms with E-state index in [0.29, 0.717) is 17.9 Å². The van der Waals surface area contributed by atoms with Crippen molar-refractivity contribution < 1.29 is 8.42 Å². The van der Waals surface area contributed by atoms with Gasteiger partial charge in [0.05, 0.1) is 17.5 Å². The lowest BCUT2D eigenvalue weighted by atomic mass is 10.3. The second kappa shape index (κ2) is 6.04. The van der Waals surface area contributed by atoms with Crippen molar-refractivity contribution in [2.75, 3.05) is 6.54 Å². The van der Waals surface area contributed by atoms with Crippen LogP contribution in [0.2, 0.25) is 0 Å². The van der Waals surface area contributed by atoms with E-state index in [9.17, 15) is 8.42 Å². The molecule has 96 valence electrons. The van der Waals surface area contributed by atoms with Crippen LogP contribution in [0, 0.1) is 6.92 Å². The summed E-state index contributed by atoms with van der Waals surface area (Å²) in [5, 5.41) is -0.551. The maximum atomic E-state index is 11.8. The van der Waals surface area contributed by atoms with Gasteiger partial charge in [-0.15, -0.1) is 0 Å². The fraction of sp³-hybridized carbons (Fsp3) is 0.600. The highest BCUT2D eigenvalue weighted by Gasteiger charge is 2.21. The van der Waals surface area contributed by atoms with E-state index in [1.54, 1.807) is 26.1 Å². The third kappa shape index (κ3) is 4.03. The number of nitrogens with zero attached hydrogens (tertiary/aromatic N) is 2. The number of rotatable bonds is 6. The van der Waals surface area contributed by atoms with E-state index in [1.807, 2.05) is 0 Å². The predicted octanol–water partition coefficient (Wildman–Crippen LogP) is -0.0583. The molecule has 0 bridgehead atoms. The van der Waals surface area contributed by atoms with E-state index in [4.69, 9.17) is 5.73 Å². The van der Waals surface area contributed by atoms with Crippen LogP contribution in [0.15, 0.2) is 12.3 Å². The molecule has 0 radical (unpaired) electrons. The molecule has 0 aliphatic heterocycles. The fourth-order valence-electron chi connectivity index (χ4n) is 1.41. The van der Waals surface area contributed by atoms with Crippen molar-refractivity contribution in [2.24, 2.45) is 5.73 Å². The minimum Gasteiger partial charge on any atom is -0.329 e. The van der Waals surface area contributed by atoms with Gasteiger partial charge in [-0.3, -0.25) is 0 Å². The number of hydrogen-bond donors (Lipinski definition) is 2. The van der Waals surface area contributed by atoms with Gasteiger partial charge in [-0.2, -0.15) is 0 Å². The molecule has 0 aliphatic carbocycles. The number of aromatic nitrogens is 2. The highest BCUT2D eigenvalue weighted by atomic mass is 32.2. The summed E-state index contributed by atoms with van der Waals surface area (Å²) >= 11 is 0. The van der Waals surface area contributed by atoms with Crippen LogP contribution >= 0.6 is 0 Å². The molecule has 0 amide bonds. The Bertz CT molecular complexity index is 457. The zero-order chi connectivity index (χ0) is 12.9. The molecule has 6 nitrogen and oxygen atoms in total. The summed E-state index contributed by atoms with van der Waals surface area (Å²) in [4.78, 5) is 8.06. The molecular formula is C10H18N4O2S. The van der Waals surface area contributed by atoms with Gasteiger partial charge in [0, 0.05) is 12.7 Å². The van der Waals surface area contributed by atoms with Crippen molar-refractivity contribution in [1.82, 2.24) is 14.7 Å². The normalized spacial score (nSPS) is 13.6. The average molecular weight is 258 g/mol. The topological polar surface area (TPSA) is 98.0 Å². The van der Waals surface area contributed by atoms with Crippen molar-refractivity contribution in [3.05, 3.63) is 23.8 Å². The maximum absolute atomic E-state index is 11.8. The molecule has 1 rings (SSSR count). The molecule has 17 heavy (non-hydrogen) atoms. The molecule has 0 saturated carbocycles. The van der Waals surface area contributed by atoms with E-state index >= 15 is 0 Å². The molecule has 1 aromatic rings. The number of sulfonamides is 1. The summed E-state index contributed by atoms with van der Waals surface area (Å²) in [6, 6.07) is 1.68. The lowest BCUT2D eigenvalue weighted by Crippen LogP contribution is -2.38. The van der Waals surface area contributed by atoms with Gasteiger partial charge in [0.2, 0.25) is 10.0 Å².